The van der Waals surface area contributed by atoms with Crippen LogP contribution in [0, 0.1) is 12.7 Å². The first-order valence-corrected chi connectivity index (χ1v) is 5.57. The van der Waals surface area contributed by atoms with E-state index in [9.17, 15) is 4.39 Å². The average Bonchev–Trinajstić information content (AvgIpc) is 2.70. The Labute approximate surface area is 106 Å². The first-order valence-electron chi connectivity index (χ1n) is 5.19. The number of rotatable bonds is 1. The van der Waals surface area contributed by atoms with Gasteiger partial charge in [0, 0.05) is 18.7 Å². The number of aromatic nitrogens is 3. The maximum absolute atomic E-state index is 13.8. The summed E-state index contributed by atoms with van der Waals surface area (Å²) in [4.78, 5) is 11.8. The van der Waals surface area contributed by atoms with Gasteiger partial charge in [-0.05, 0) is 29.8 Å². The summed E-state index contributed by atoms with van der Waals surface area (Å²) in [7, 11) is 0. The van der Waals surface area contributed by atoms with Crippen molar-refractivity contribution < 1.29 is 8.81 Å². The molecular weight excluding hydrogens is 257 g/mol. The van der Waals surface area contributed by atoms with Crippen molar-refractivity contribution in [3.8, 4) is 11.3 Å². The van der Waals surface area contributed by atoms with E-state index < -0.39 is 5.82 Å². The topological polar surface area (TPSA) is 51.8 Å². The van der Waals surface area contributed by atoms with Gasteiger partial charge in [0.05, 0.1) is 5.69 Å². The molecule has 4 nitrogen and oxygen atoms in total. The van der Waals surface area contributed by atoms with Gasteiger partial charge in [-0.2, -0.15) is 0 Å². The third-order valence-electron chi connectivity index (χ3n) is 2.48. The summed E-state index contributed by atoms with van der Waals surface area (Å²) in [5.41, 5.74) is 1.71. The van der Waals surface area contributed by atoms with Crippen LogP contribution in [0.25, 0.3) is 22.4 Å². The van der Waals surface area contributed by atoms with Crippen molar-refractivity contribution in [2.24, 2.45) is 0 Å². The van der Waals surface area contributed by atoms with Gasteiger partial charge in [0.2, 0.25) is 5.28 Å². The SMILES string of the molecule is Cc1nc2c(F)cc(-c3ccnc(Cl)n3)cc2o1. The van der Waals surface area contributed by atoms with Crippen LogP contribution < -0.4 is 0 Å². The Morgan fingerprint density at radius 2 is 2.11 bits per heavy atom. The number of oxazole rings is 1. The Kier molecular flexibility index (Phi) is 2.48. The summed E-state index contributed by atoms with van der Waals surface area (Å²) in [6, 6.07) is 4.68. The highest BCUT2D eigenvalue weighted by atomic mass is 35.5. The smallest absolute Gasteiger partial charge is 0.222 e. The van der Waals surface area contributed by atoms with Gasteiger partial charge in [0.25, 0.3) is 0 Å². The van der Waals surface area contributed by atoms with Crippen molar-refractivity contribution in [3.05, 3.63) is 41.4 Å². The fraction of sp³-hybridized carbons (Fsp3) is 0.0833. The number of nitrogens with zero attached hydrogens (tertiary/aromatic N) is 3. The molecule has 1 aromatic carbocycles. The van der Waals surface area contributed by atoms with Crippen LogP contribution in [-0.4, -0.2) is 15.0 Å². The van der Waals surface area contributed by atoms with Gasteiger partial charge in [-0.25, -0.2) is 19.3 Å². The molecule has 3 rings (SSSR count). The predicted octanol–water partition coefficient (Wildman–Crippen LogP) is 3.39. The van der Waals surface area contributed by atoms with Gasteiger partial charge in [-0.3, -0.25) is 0 Å². The third kappa shape index (κ3) is 1.82. The summed E-state index contributed by atoms with van der Waals surface area (Å²) in [6.07, 6.45) is 1.51. The molecule has 0 aliphatic rings. The fourth-order valence-electron chi connectivity index (χ4n) is 1.74. The summed E-state index contributed by atoms with van der Waals surface area (Å²) >= 11 is 5.71. The minimum atomic E-state index is -0.450. The number of hydrogen-bond acceptors (Lipinski definition) is 4. The first kappa shape index (κ1) is 11.1. The molecule has 3 aromatic rings. The summed E-state index contributed by atoms with van der Waals surface area (Å²) < 4.78 is 19.2. The first-order chi connectivity index (χ1) is 8.63. The highest BCUT2D eigenvalue weighted by Crippen LogP contribution is 2.26. The lowest BCUT2D eigenvalue weighted by molar-refractivity contribution is 0.561. The van der Waals surface area contributed by atoms with E-state index >= 15 is 0 Å². The van der Waals surface area contributed by atoms with E-state index in [-0.39, 0.29) is 10.8 Å². The van der Waals surface area contributed by atoms with Crippen LogP contribution in [0.3, 0.4) is 0 Å². The molecule has 2 heterocycles. The number of halogens is 2. The second-order valence-corrected chi connectivity index (χ2v) is 4.09. The Bertz CT molecular complexity index is 741. The molecule has 2 aromatic heterocycles. The van der Waals surface area contributed by atoms with Crippen molar-refractivity contribution in [1.82, 2.24) is 15.0 Å². The molecule has 0 fully saturated rings. The van der Waals surface area contributed by atoms with Crippen LogP contribution in [0.5, 0.6) is 0 Å². The maximum atomic E-state index is 13.8. The lowest BCUT2D eigenvalue weighted by atomic mass is 10.1. The summed E-state index contributed by atoms with van der Waals surface area (Å²) in [5, 5.41) is 0.113. The summed E-state index contributed by atoms with van der Waals surface area (Å²) in [5.74, 6) is -0.0316. The van der Waals surface area contributed by atoms with Crippen molar-refractivity contribution >= 4 is 22.7 Å². The Morgan fingerprint density at radius 1 is 1.28 bits per heavy atom. The largest absolute Gasteiger partial charge is 0.441 e. The molecule has 18 heavy (non-hydrogen) atoms. The van der Waals surface area contributed by atoms with E-state index in [2.05, 4.69) is 15.0 Å². The number of hydrogen-bond donors (Lipinski definition) is 0. The van der Waals surface area contributed by atoms with E-state index in [4.69, 9.17) is 16.0 Å². The maximum Gasteiger partial charge on any atom is 0.222 e. The van der Waals surface area contributed by atoms with E-state index in [1.54, 1.807) is 19.1 Å². The van der Waals surface area contributed by atoms with Gasteiger partial charge in [0.1, 0.15) is 5.52 Å². The predicted molar refractivity (Wildman–Crippen MR) is 64.7 cm³/mol. The molecule has 0 saturated heterocycles. The Hall–Kier alpha value is -2.01. The molecule has 0 radical (unpaired) electrons. The highest BCUT2D eigenvalue weighted by Gasteiger charge is 2.12. The fourth-order valence-corrected chi connectivity index (χ4v) is 1.89. The minimum Gasteiger partial charge on any atom is -0.441 e. The Balaban J connectivity index is 2.24. The van der Waals surface area contributed by atoms with Crippen LogP contribution >= 0.6 is 11.6 Å². The van der Waals surface area contributed by atoms with Crippen molar-refractivity contribution in [2.45, 2.75) is 6.92 Å². The minimum absolute atomic E-state index is 0.113. The standard InChI is InChI=1S/C12H7ClFN3O/c1-6-16-11-8(14)4-7(5-10(11)18-6)9-2-3-15-12(13)17-9/h2-5H,1H3. The normalized spacial score (nSPS) is 11.1. The molecule has 0 unspecified atom stereocenters. The molecule has 0 atom stereocenters. The molecule has 90 valence electrons. The molecule has 0 bridgehead atoms. The molecule has 0 aliphatic heterocycles. The number of fused-ring (bicyclic) bond motifs is 1. The third-order valence-corrected chi connectivity index (χ3v) is 2.66. The zero-order valence-corrected chi connectivity index (χ0v) is 10.1. The highest BCUT2D eigenvalue weighted by molar-refractivity contribution is 6.28. The van der Waals surface area contributed by atoms with Gasteiger partial charge in [0.15, 0.2) is 17.3 Å². The quantitative estimate of drug-likeness (QED) is 0.632. The molecule has 0 aliphatic carbocycles. The van der Waals surface area contributed by atoms with E-state index in [1.807, 2.05) is 0 Å². The van der Waals surface area contributed by atoms with Crippen molar-refractivity contribution in [2.75, 3.05) is 0 Å². The lowest BCUT2D eigenvalue weighted by Crippen LogP contribution is -1.88. The lowest BCUT2D eigenvalue weighted by Gasteiger charge is -2.01. The zero-order valence-electron chi connectivity index (χ0n) is 9.32. The van der Waals surface area contributed by atoms with Crippen LogP contribution in [0.2, 0.25) is 5.28 Å². The van der Waals surface area contributed by atoms with Crippen LogP contribution in [-0.2, 0) is 0 Å². The van der Waals surface area contributed by atoms with E-state index in [1.165, 1.54) is 12.3 Å². The number of aryl methyl sites for hydroxylation is 1. The molecule has 0 saturated carbocycles. The van der Waals surface area contributed by atoms with Crippen molar-refractivity contribution in [1.29, 1.82) is 0 Å². The molecule has 0 spiro atoms. The van der Waals surface area contributed by atoms with Gasteiger partial charge < -0.3 is 4.42 Å². The molecular formula is C12H7ClFN3O. The Morgan fingerprint density at radius 3 is 2.89 bits per heavy atom. The summed E-state index contributed by atoms with van der Waals surface area (Å²) in [6.45, 7) is 1.67. The van der Waals surface area contributed by atoms with Crippen LogP contribution in [0.4, 0.5) is 4.39 Å². The molecule has 0 N–H and O–H groups in total. The van der Waals surface area contributed by atoms with E-state index in [0.29, 0.717) is 22.7 Å². The van der Waals surface area contributed by atoms with E-state index in [0.717, 1.165) is 0 Å². The molecule has 6 heteroatoms. The second kappa shape index (κ2) is 4.03. The van der Waals surface area contributed by atoms with Crippen LogP contribution in [0.1, 0.15) is 5.89 Å². The van der Waals surface area contributed by atoms with Gasteiger partial charge in [-0.1, -0.05) is 0 Å². The van der Waals surface area contributed by atoms with Gasteiger partial charge >= 0.3 is 0 Å². The molecule has 0 amide bonds. The average molecular weight is 264 g/mol. The van der Waals surface area contributed by atoms with Crippen LogP contribution in [0.15, 0.2) is 28.8 Å². The van der Waals surface area contributed by atoms with Crippen molar-refractivity contribution in [3.63, 3.8) is 0 Å². The zero-order chi connectivity index (χ0) is 12.7. The monoisotopic (exact) mass is 263 g/mol. The number of benzene rings is 1. The van der Waals surface area contributed by atoms with Gasteiger partial charge in [-0.15, -0.1) is 0 Å². The second-order valence-electron chi connectivity index (χ2n) is 3.75.